The summed E-state index contributed by atoms with van der Waals surface area (Å²) in [6.45, 7) is 12.1. The fraction of sp³-hybridized carbons (Fsp3) is 0.680. The van der Waals surface area contributed by atoms with E-state index in [0.29, 0.717) is 13.2 Å². The maximum atomic E-state index is 9.51. The average Bonchev–Trinajstić information content (AvgIpc) is 3.29. The smallest absolute Gasteiger partial charge is 0.158 e. The number of aliphatic hydroxyl groups excluding tert-OH is 1. The van der Waals surface area contributed by atoms with E-state index in [1.807, 2.05) is 25.6 Å². The molecule has 2 N–H and O–H groups in total. The first-order valence-corrected chi connectivity index (χ1v) is 12.8. The van der Waals surface area contributed by atoms with Crippen molar-refractivity contribution in [2.75, 3.05) is 44.4 Å². The van der Waals surface area contributed by atoms with Gasteiger partial charge in [-0.05, 0) is 40.2 Å². The third kappa shape index (κ3) is 4.66. The molecule has 0 amide bonds. The average molecular weight is 483 g/mol. The van der Waals surface area contributed by atoms with Crippen LogP contribution in [0.2, 0.25) is 0 Å². The van der Waals surface area contributed by atoms with Gasteiger partial charge in [-0.25, -0.2) is 9.97 Å². The van der Waals surface area contributed by atoms with Crippen LogP contribution in [0.5, 0.6) is 0 Å². The van der Waals surface area contributed by atoms with Crippen molar-refractivity contribution in [1.29, 1.82) is 0 Å². The summed E-state index contributed by atoms with van der Waals surface area (Å²) in [7, 11) is 1.97. The molecular weight excluding hydrogens is 444 g/mol. The van der Waals surface area contributed by atoms with Crippen molar-refractivity contribution in [2.24, 2.45) is 12.5 Å². The van der Waals surface area contributed by atoms with Gasteiger partial charge in [0, 0.05) is 50.9 Å². The molecule has 2 aliphatic rings. The molecule has 35 heavy (non-hydrogen) atoms. The van der Waals surface area contributed by atoms with Crippen molar-refractivity contribution in [3.63, 3.8) is 0 Å². The fourth-order valence-corrected chi connectivity index (χ4v) is 5.36. The Kier molecular flexibility index (Phi) is 6.78. The lowest BCUT2D eigenvalue weighted by atomic mass is 9.87. The molecule has 3 aromatic rings. The third-order valence-corrected chi connectivity index (χ3v) is 7.45. The molecule has 0 bridgehead atoms. The van der Waals surface area contributed by atoms with E-state index in [0.717, 1.165) is 92.5 Å². The van der Waals surface area contributed by atoms with Crippen molar-refractivity contribution in [2.45, 2.75) is 59.5 Å². The van der Waals surface area contributed by atoms with Crippen LogP contribution in [0.3, 0.4) is 0 Å². The minimum Gasteiger partial charge on any atom is -0.396 e. The van der Waals surface area contributed by atoms with Crippen LogP contribution >= 0.6 is 0 Å². The van der Waals surface area contributed by atoms with Crippen LogP contribution in [-0.4, -0.2) is 74.1 Å². The maximum Gasteiger partial charge on any atom is 0.158 e. The zero-order chi connectivity index (χ0) is 24.6. The molecule has 10 nitrogen and oxygen atoms in total. The van der Waals surface area contributed by atoms with Crippen LogP contribution in [0.15, 0.2) is 0 Å². The first-order chi connectivity index (χ1) is 16.9. The largest absolute Gasteiger partial charge is 0.396 e. The summed E-state index contributed by atoms with van der Waals surface area (Å²) in [6, 6.07) is 0. The van der Waals surface area contributed by atoms with E-state index in [4.69, 9.17) is 14.8 Å². The lowest BCUT2D eigenvalue weighted by Crippen LogP contribution is -2.52. The summed E-state index contributed by atoms with van der Waals surface area (Å²) in [4.78, 5) is 11.8. The number of aromatic nitrogens is 6. The van der Waals surface area contributed by atoms with Gasteiger partial charge in [0.25, 0.3) is 0 Å². The Balaban J connectivity index is 1.18. The van der Waals surface area contributed by atoms with Crippen LogP contribution in [-0.2, 0) is 31.3 Å². The summed E-state index contributed by atoms with van der Waals surface area (Å²) >= 11 is 0. The SMILES string of the molecule is Cc1nc(N2CCc3c(c(C)nn3CCCCCNCC3(CO)COC3)C2)c2c(n1)c(C)nn2C. The number of aliphatic hydroxyl groups is 1. The Morgan fingerprint density at radius 2 is 1.89 bits per heavy atom. The van der Waals surface area contributed by atoms with Crippen LogP contribution in [0.4, 0.5) is 5.82 Å². The Bertz CT molecular complexity index is 1190. The van der Waals surface area contributed by atoms with E-state index in [1.165, 1.54) is 11.3 Å². The standard InChI is InChI=1S/C25H38N8O2/c1-17-20-12-32(24-23-22(27-19(3)28-24)18(2)29-31(23)4)11-8-21(20)33(30-17)10-7-5-6-9-26-13-25(14-34)15-35-16-25/h26,34H,5-16H2,1-4H3. The molecule has 1 saturated heterocycles. The van der Waals surface area contributed by atoms with Gasteiger partial charge >= 0.3 is 0 Å². The first-order valence-electron chi connectivity index (χ1n) is 12.8. The van der Waals surface area contributed by atoms with Crippen molar-refractivity contribution >= 4 is 16.9 Å². The molecule has 0 saturated carbocycles. The number of aryl methyl sites for hydroxylation is 5. The van der Waals surface area contributed by atoms with Crippen LogP contribution in [0.25, 0.3) is 11.0 Å². The van der Waals surface area contributed by atoms with Gasteiger partial charge < -0.3 is 20.1 Å². The van der Waals surface area contributed by atoms with Gasteiger partial charge in [-0.15, -0.1) is 0 Å². The number of rotatable bonds is 10. The molecule has 0 aliphatic carbocycles. The molecule has 0 spiro atoms. The second kappa shape index (κ2) is 9.83. The minimum atomic E-state index is -0.0502. The van der Waals surface area contributed by atoms with E-state index in [2.05, 4.69) is 31.9 Å². The number of nitrogens with zero attached hydrogens (tertiary/aromatic N) is 7. The highest BCUT2D eigenvalue weighted by Gasteiger charge is 2.37. The lowest BCUT2D eigenvalue weighted by molar-refractivity contribution is -0.134. The van der Waals surface area contributed by atoms with E-state index in [1.54, 1.807) is 0 Å². The fourth-order valence-electron chi connectivity index (χ4n) is 5.36. The topological polar surface area (TPSA) is 106 Å². The highest BCUT2D eigenvalue weighted by molar-refractivity contribution is 5.88. The normalized spacial score (nSPS) is 17.1. The van der Waals surface area contributed by atoms with Gasteiger partial charge in [0.15, 0.2) is 5.82 Å². The Morgan fingerprint density at radius 1 is 1.06 bits per heavy atom. The zero-order valence-electron chi connectivity index (χ0n) is 21.5. The molecule has 5 rings (SSSR count). The molecule has 0 radical (unpaired) electrons. The van der Waals surface area contributed by atoms with Gasteiger partial charge in [-0.1, -0.05) is 6.42 Å². The number of unbranched alkanes of at least 4 members (excludes halogenated alkanes) is 2. The molecule has 5 heterocycles. The van der Waals surface area contributed by atoms with Gasteiger partial charge in [0.05, 0.1) is 36.6 Å². The number of fused-ring (bicyclic) bond motifs is 2. The highest BCUT2D eigenvalue weighted by atomic mass is 16.5. The molecule has 190 valence electrons. The quantitative estimate of drug-likeness (QED) is 0.422. The second-order valence-corrected chi connectivity index (χ2v) is 10.3. The monoisotopic (exact) mass is 482 g/mol. The van der Waals surface area contributed by atoms with Crippen LogP contribution in [0, 0.1) is 26.2 Å². The van der Waals surface area contributed by atoms with Crippen molar-refractivity contribution < 1.29 is 9.84 Å². The Labute approximate surface area is 206 Å². The predicted molar refractivity (Wildman–Crippen MR) is 135 cm³/mol. The predicted octanol–water partition coefficient (Wildman–Crippen LogP) is 1.82. The summed E-state index contributed by atoms with van der Waals surface area (Å²) in [5.41, 5.74) is 6.65. The minimum absolute atomic E-state index is 0.0502. The van der Waals surface area contributed by atoms with E-state index >= 15 is 0 Å². The van der Waals surface area contributed by atoms with Gasteiger partial charge in [0.1, 0.15) is 16.9 Å². The number of anilines is 1. The highest BCUT2D eigenvalue weighted by Crippen LogP contribution is 2.31. The van der Waals surface area contributed by atoms with Crippen LogP contribution < -0.4 is 10.2 Å². The molecule has 2 aliphatic heterocycles. The van der Waals surface area contributed by atoms with Crippen molar-refractivity contribution in [1.82, 2.24) is 34.8 Å². The summed E-state index contributed by atoms with van der Waals surface area (Å²) in [6.07, 6.45) is 4.37. The third-order valence-electron chi connectivity index (χ3n) is 7.45. The van der Waals surface area contributed by atoms with Crippen molar-refractivity contribution in [3.8, 4) is 0 Å². The first kappa shape index (κ1) is 24.1. The molecular formula is C25H38N8O2. The second-order valence-electron chi connectivity index (χ2n) is 10.3. The van der Waals surface area contributed by atoms with Crippen LogP contribution in [0.1, 0.15) is 47.7 Å². The molecule has 0 aromatic carbocycles. The van der Waals surface area contributed by atoms with Crippen molar-refractivity contribution in [3.05, 3.63) is 28.5 Å². The molecule has 10 heteroatoms. The summed E-state index contributed by atoms with van der Waals surface area (Å²) in [5.74, 6) is 1.75. The maximum absolute atomic E-state index is 9.51. The number of hydrogen-bond donors (Lipinski definition) is 2. The molecule has 1 fully saturated rings. The van der Waals surface area contributed by atoms with E-state index in [-0.39, 0.29) is 12.0 Å². The van der Waals surface area contributed by atoms with E-state index in [9.17, 15) is 5.11 Å². The van der Waals surface area contributed by atoms with E-state index < -0.39 is 0 Å². The lowest BCUT2D eigenvalue weighted by Gasteiger charge is -2.40. The van der Waals surface area contributed by atoms with Gasteiger partial charge in [0.2, 0.25) is 0 Å². The summed E-state index contributed by atoms with van der Waals surface area (Å²) < 4.78 is 9.40. The number of hydrogen-bond acceptors (Lipinski definition) is 8. The Morgan fingerprint density at radius 3 is 2.63 bits per heavy atom. The molecule has 3 aromatic heterocycles. The zero-order valence-corrected chi connectivity index (χ0v) is 21.5. The number of ether oxygens (including phenoxy) is 1. The van der Waals surface area contributed by atoms with Gasteiger partial charge in [-0.3, -0.25) is 9.36 Å². The number of nitrogens with one attached hydrogen (secondary N) is 1. The van der Waals surface area contributed by atoms with Gasteiger partial charge in [-0.2, -0.15) is 10.2 Å². The summed E-state index contributed by atoms with van der Waals surface area (Å²) in [5, 5.41) is 22.5. The molecule has 0 atom stereocenters. The Hall–Kier alpha value is -2.56. The molecule has 0 unspecified atom stereocenters.